The monoisotopic (exact) mass is 288 g/mol. The fourth-order valence-electron chi connectivity index (χ4n) is 2.05. The summed E-state index contributed by atoms with van der Waals surface area (Å²) in [5.41, 5.74) is 2.13. The Labute approximate surface area is 126 Å². The molecule has 2 rings (SSSR count). The topological polar surface area (TPSA) is 54.2 Å². The first-order valence-corrected chi connectivity index (χ1v) is 7.33. The van der Waals surface area contributed by atoms with Crippen LogP contribution < -0.4 is 10.2 Å². The third-order valence-corrected chi connectivity index (χ3v) is 3.33. The van der Waals surface area contributed by atoms with Crippen molar-refractivity contribution in [3.05, 3.63) is 41.5 Å². The standard InChI is InChI=1S/C16H24N4O/c1-12(2)9-17-10-15-5-6-16(19-18-15)20(4)11-14-7-8-21-13(14)3/h5-8,12,17H,9-11H2,1-4H3. The summed E-state index contributed by atoms with van der Waals surface area (Å²) < 4.78 is 5.31. The molecule has 2 heterocycles. The van der Waals surface area contributed by atoms with Crippen LogP contribution in [0.15, 0.2) is 28.9 Å². The van der Waals surface area contributed by atoms with Gasteiger partial charge >= 0.3 is 0 Å². The number of aromatic nitrogens is 2. The zero-order chi connectivity index (χ0) is 15.2. The lowest BCUT2D eigenvalue weighted by Gasteiger charge is -2.17. The van der Waals surface area contributed by atoms with Gasteiger partial charge in [0.15, 0.2) is 5.82 Å². The number of furan rings is 1. The van der Waals surface area contributed by atoms with Crippen molar-refractivity contribution >= 4 is 5.82 Å². The summed E-state index contributed by atoms with van der Waals surface area (Å²) in [4.78, 5) is 2.07. The third kappa shape index (κ3) is 4.56. The molecule has 114 valence electrons. The highest BCUT2D eigenvalue weighted by Crippen LogP contribution is 2.15. The molecule has 0 aliphatic rings. The van der Waals surface area contributed by atoms with E-state index >= 15 is 0 Å². The van der Waals surface area contributed by atoms with Crippen LogP contribution in [-0.4, -0.2) is 23.8 Å². The van der Waals surface area contributed by atoms with Crippen molar-refractivity contribution in [1.82, 2.24) is 15.5 Å². The molecule has 0 saturated carbocycles. The van der Waals surface area contributed by atoms with Crippen LogP contribution in [0.1, 0.15) is 30.9 Å². The van der Waals surface area contributed by atoms with Crippen LogP contribution in [0.4, 0.5) is 5.82 Å². The molecule has 1 N–H and O–H groups in total. The van der Waals surface area contributed by atoms with E-state index in [2.05, 4.69) is 34.3 Å². The molecule has 0 bridgehead atoms. The second-order valence-corrected chi connectivity index (χ2v) is 5.77. The van der Waals surface area contributed by atoms with E-state index in [4.69, 9.17) is 4.42 Å². The maximum absolute atomic E-state index is 5.31. The lowest BCUT2D eigenvalue weighted by atomic mass is 10.2. The molecular formula is C16H24N4O. The summed E-state index contributed by atoms with van der Waals surface area (Å²) in [7, 11) is 2.01. The number of anilines is 1. The average Bonchev–Trinajstić information content (AvgIpc) is 2.84. The van der Waals surface area contributed by atoms with Gasteiger partial charge in [0.1, 0.15) is 5.76 Å². The van der Waals surface area contributed by atoms with Gasteiger partial charge in [-0.05, 0) is 37.6 Å². The van der Waals surface area contributed by atoms with Crippen molar-refractivity contribution in [2.45, 2.75) is 33.9 Å². The lowest BCUT2D eigenvalue weighted by molar-refractivity contribution is 0.529. The molecule has 5 heteroatoms. The Bertz CT molecular complexity index is 548. The smallest absolute Gasteiger partial charge is 0.151 e. The van der Waals surface area contributed by atoms with Crippen LogP contribution >= 0.6 is 0 Å². The minimum atomic E-state index is 0.640. The van der Waals surface area contributed by atoms with Gasteiger partial charge in [-0.15, -0.1) is 5.10 Å². The van der Waals surface area contributed by atoms with Crippen molar-refractivity contribution < 1.29 is 4.42 Å². The van der Waals surface area contributed by atoms with Crippen molar-refractivity contribution in [2.75, 3.05) is 18.5 Å². The van der Waals surface area contributed by atoms with Crippen molar-refractivity contribution in [1.29, 1.82) is 0 Å². The van der Waals surface area contributed by atoms with Gasteiger partial charge in [0.25, 0.3) is 0 Å². The van der Waals surface area contributed by atoms with Crippen molar-refractivity contribution in [2.24, 2.45) is 5.92 Å². The maximum Gasteiger partial charge on any atom is 0.151 e. The van der Waals surface area contributed by atoms with E-state index in [-0.39, 0.29) is 0 Å². The van der Waals surface area contributed by atoms with E-state index in [1.165, 1.54) is 5.56 Å². The van der Waals surface area contributed by atoms with Crippen molar-refractivity contribution in [3.8, 4) is 0 Å². The SMILES string of the molecule is Cc1occc1CN(C)c1ccc(CNCC(C)C)nn1. The number of nitrogens with zero attached hydrogens (tertiary/aromatic N) is 3. The first-order valence-electron chi connectivity index (χ1n) is 7.33. The number of hydrogen-bond acceptors (Lipinski definition) is 5. The largest absolute Gasteiger partial charge is 0.469 e. The Morgan fingerprint density at radius 3 is 2.62 bits per heavy atom. The zero-order valence-corrected chi connectivity index (χ0v) is 13.3. The lowest BCUT2D eigenvalue weighted by Crippen LogP contribution is -2.21. The first kappa shape index (κ1) is 15.5. The maximum atomic E-state index is 5.31. The van der Waals surface area contributed by atoms with Gasteiger partial charge in [-0.25, -0.2) is 0 Å². The Kier molecular flexibility index (Phi) is 5.33. The Hall–Kier alpha value is -1.88. The fraction of sp³-hybridized carbons (Fsp3) is 0.500. The van der Waals surface area contributed by atoms with E-state index in [1.54, 1.807) is 6.26 Å². The Balaban J connectivity index is 1.90. The molecule has 2 aromatic rings. The average molecular weight is 288 g/mol. The van der Waals surface area contributed by atoms with Gasteiger partial charge in [-0.3, -0.25) is 0 Å². The van der Waals surface area contributed by atoms with Crippen molar-refractivity contribution in [3.63, 3.8) is 0 Å². The van der Waals surface area contributed by atoms with Crippen LogP contribution in [0.3, 0.4) is 0 Å². The summed E-state index contributed by atoms with van der Waals surface area (Å²) >= 11 is 0. The minimum absolute atomic E-state index is 0.640. The normalized spacial score (nSPS) is 11.1. The summed E-state index contributed by atoms with van der Waals surface area (Å²) in [6.07, 6.45) is 1.72. The molecule has 0 aliphatic heterocycles. The number of nitrogens with one attached hydrogen (secondary N) is 1. The molecule has 0 aliphatic carbocycles. The van der Waals surface area contributed by atoms with Gasteiger partial charge in [-0.2, -0.15) is 5.10 Å². The van der Waals surface area contributed by atoms with Crippen LogP contribution in [0.5, 0.6) is 0 Å². The molecule has 0 atom stereocenters. The summed E-state index contributed by atoms with van der Waals surface area (Å²) in [5.74, 6) is 2.45. The van der Waals surface area contributed by atoms with Gasteiger partial charge in [0.2, 0.25) is 0 Å². The third-order valence-electron chi connectivity index (χ3n) is 3.33. The molecule has 0 unspecified atom stereocenters. The second kappa shape index (κ2) is 7.22. The molecule has 5 nitrogen and oxygen atoms in total. The summed E-state index contributed by atoms with van der Waals surface area (Å²) in [6, 6.07) is 6.02. The van der Waals surface area contributed by atoms with E-state index in [0.717, 1.165) is 36.9 Å². The number of hydrogen-bond donors (Lipinski definition) is 1. The molecule has 0 spiro atoms. The predicted octanol–water partition coefficient (Wildman–Crippen LogP) is 2.76. The van der Waals surface area contributed by atoms with Gasteiger partial charge in [0, 0.05) is 25.7 Å². The Morgan fingerprint density at radius 1 is 1.24 bits per heavy atom. The summed E-state index contributed by atoms with van der Waals surface area (Å²) in [6.45, 7) is 8.86. The molecular weight excluding hydrogens is 264 g/mol. The zero-order valence-electron chi connectivity index (χ0n) is 13.3. The number of rotatable bonds is 7. The van der Waals surface area contributed by atoms with E-state index < -0.39 is 0 Å². The second-order valence-electron chi connectivity index (χ2n) is 5.77. The highest BCUT2D eigenvalue weighted by atomic mass is 16.3. The molecule has 0 fully saturated rings. The van der Waals surface area contributed by atoms with Gasteiger partial charge in [-0.1, -0.05) is 13.8 Å². The molecule has 0 aromatic carbocycles. The first-order chi connectivity index (χ1) is 10.1. The van der Waals surface area contributed by atoms with Crippen LogP contribution in [-0.2, 0) is 13.1 Å². The fourth-order valence-corrected chi connectivity index (χ4v) is 2.05. The van der Waals surface area contributed by atoms with E-state index in [9.17, 15) is 0 Å². The number of aryl methyl sites for hydroxylation is 1. The van der Waals surface area contributed by atoms with Crippen LogP contribution in [0, 0.1) is 12.8 Å². The summed E-state index contributed by atoms with van der Waals surface area (Å²) in [5, 5.41) is 11.9. The molecule has 21 heavy (non-hydrogen) atoms. The van der Waals surface area contributed by atoms with Gasteiger partial charge < -0.3 is 14.6 Å². The molecule has 0 amide bonds. The van der Waals surface area contributed by atoms with Crippen LogP contribution in [0.25, 0.3) is 0 Å². The Morgan fingerprint density at radius 2 is 2.05 bits per heavy atom. The molecule has 2 aromatic heterocycles. The minimum Gasteiger partial charge on any atom is -0.469 e. The highest BCUT2D eigenvalue weighted by Gasteiger charge is 2.08. The quantitative estimate of drug-likeness (QED) is 0.849. The molecule has 0 saturated heterocycles. The predicted molar refractivity (Wildman–Crippen MR) is 84.1 cm³/mol. The van der Waals surface area contributed by atoms with E-state index in [0.29, 0.717) is 5.92 Å². The van der Waals surface area contributed by atoms with Gasteiger partial charge in [0.05, 0.1) is 12.0 Å². The van der Waals surface area contributed by atoms with E-state index in [1.807, 2.05) is 32.2 Å². The molecule has 0 radical (unpaired) electrons. The highest BCUT2D eigenvalue weighted by molar-refractivity contribution is 5.37. The van der Waals surface area contributed by atoms with Crippen LogP contribution in [0.2, 0.25) is 0 Å².